The molecular formula is C24H21N3O. The van der Waals surface area contributed by atoms with E-state index in [9.17, 15) is 0 Å². The van der Waals surface area contributed by atoms with Gasteiger partial charge in [-0.2, -0.15) is 0 Å². The average molecular weight is 367 g/mol. The molecule has 2 heterocycles. The summed E-state index contributed by atoms with van der Waals surface area (Å²) in [6, 6.07) is 24.7. The smallest absolute Gasteiger partial charge is 0.160 e. The van der Waals surface area contributed by atoms with Gasteiger partial charge in [0.1, 0.15) is 11.3 Å². The number of nitrogens with zero attached hydrogens (tertiary/aromatic N) is 3. The lowest BCUT2D eigenvalue weighted by Crippen LogP contribution is -2.05. The van der Waals surface area contributed by atoms with Crippen LogP contribution in [0.1, 0.15) is 18.9 Å². The first kappa shape index (κ1) is 16.8. The summed E-state index contributed by atoms with van der Waals surface area (Å²) < 4.78 is 8.23. The van der Waals surface area contributed by atoms with Crippen molar-refractivity contribution >= 4 is 33.1 Å². The topological polar surface area (TPSA) is 39.9 Å². The first-order valence-corrected chi connectivity index (χ1v) is 9.69. The number of para-hydroxylation sites is 4. The predicted octanol–water partition coefficient (Wildman–Crippen LogP) is 5.57. The average Bonchev–Trinajstić information content (AvgIpc) is 3.04. The fraction of sp³-hybridized carbons (Fsp3) is 0.167. The molecule has 28 heavy (non-hydrogen) atoms. The molecule has 5 aromatic rings. The largest absolute Gasteiger partial charge is 0.493 e. The Morgan fingerprint density at radius 2 is 1.54 bits per heavy atom. The van der Waals surface area contributed by atoms with Crippen molar-refractivity contribution in [2.75, 3.05) is 6.61 Å². The van der Waals surface area contributed by atoms with Crippen molar-refractivity contribution in [2.24, 2.45) is 0 Å². The van der Waals surface area contributed by atoms with Gasteiger partial charge in [0.15, 0.2) is 5.65 Å². The van der Waals surface area contributed by atoms with Crippen LogP contribution in [-0.2, 0) is 6.54 Å². The Hall–Kier alpha value is -3.40. The van der Waals surface area contributed by atoms with Crippen molar-refractivity contribution in [1.29, 1.82) is 0 Å². The van der Waals surface area contributed by atoms with Crippen molar-refractivity contribution < 1.29 is 4.74 Å². The lowest BCUT2D eigenvalue weighted by atomic mass is 10.2. The van der Waals surface area contributed by atoms with E-state index < -0.39 is 0 Å². The molecule has 5 rings (SSSR count). The SMILES string of the molecule is CCCOc1ccccc1Cn1c2ccccc2c2nc3ccccc3nc21. The van der Waals surface area contributed by atoms with Gasteiger partial charge in [0, 0.05) is 10.9 Å². The lowest BCUT2D eigenvalue weighted by Gasteiger charge is -2.13. The summed E-state index contributed by atoms with van der Waals surface area (Å²) in [5.41, 5.74) is 5.97. The molecule has 0 N–H and O–H groups in total. The molecular weight excluding hydrogens is 346 g/mol. The normalized spacial score (nSPS) is 11.5. The quantitative estimate of drug-likeness (QED) is 0.407. The van der Waals surface area contributed by atoms with Crippen LogP contribution in [-0.4, -0.2) is 21.1 Å². The second-order valence-electron chi connectivity index (χ2n) is 6.94. The maximum atomic E-state index is 5.98. The van der Waals surface area contributed by atoms with Gasteiger partial charge in [-0.25, -0.2) is 9.97 Å². The van der Waals surface area contributed by atoms with Crippen molar-refractivity contribution in [3.8, 4) is 5.75 Å². The van der Waals surface area contributed by atoms with Crippen LogP contribution < -0.4 is 4.74 Å². The predicted molar refractivity (Wildman–Crippen MR) is 114 cm³/mol. The molecule has 0 saturated carbocycles. The van der Waals surface area contributed by atoms with Crippen LogP contribution in [0.15, 0.2) is 72.8 Å². The summed E-state index contributed by atoms with van der Waals surface area (Å²) >= 11 is 0. The molecule has 0 bridgehead atoms. The first-order valence-electron chi connectivity index (χ1n) is 9.69. The molecule has 0 unspecified atom stereocenters. The zero-order valence-corrected chi connectivity index (χ0v) is 15.8. The fourth-order valence-corrected chi connectivity index (χ4v) is 3.70. The highest BCUT2D eigenvalue weighted by molar-refractivity contribution is 6.06. The van der Waals surface area contributed by atoms with E-state index in [1.807, 2.05) is 36.4 Å². The van der Waals surface area contributed by atoms with Gasteiger partial charge in [-0.1, -0.05) is 55.5 Å². The fourth-order valence-electron chi connectivity index (χ4n) is 3.70. The number of hydrogen-bond acceptors (Lipinski definition) is 3. The minimum absolute atomic E-state index is 0.691. The molecule has 0 atom stereocenters. The molecule has 0 radical (unpaired) electrons. The maximum Gasteiger partial charge on any atom is 0.160 e. The molecule has 4 heteroatoms. The van der Waals surface area contributed by atoms with E-state index in [1.54, 1.807) is 0 Å². The monoisotopic (exact) mass is 367 g/mol. The summed E-state index contributed by atoms with van der Waals surface area (Å²) in [4.78, 5) is 9.89. The highest BCUT2D eigenvalue weighted by Gasteiger charge is 2.15. The highest BCUT2D eigenvalue weighted by Crippen LogP contribution is 2.30. The van der Waals surface area contributed by atoms with Gasteiger partial charge in [0.2, 0.25) is 0 Å². The number of fused-ring (bicyclic) bond motifs is 4. The zero-order chi connectivity index (χ0) is 18.9. The molecule has 0 aliphatic heterocycles. The maximum absolute atomic E-state index is 5.98. The Labute approximate surface area is 163 Å². The molecule has 0 aliphatic rings. The lowest BCUT2D eigenvalue weighted by molar-refractivity contribution is 0.313. The Balaban J connectivity index is 1.73. The van der Waals surface area contributed by atoms with Gasteiger partial charge in [-0.15, -0.1) is 0 Å². The van der Waals surface area contributed by atoms with E-state index in [1.165, 1.54) is 0 Å². The van der Waals surface area contributed by atoms with Crippen LogP contribution in [0.4, 0.5) is 0 Å². The van der Waals surface area contributed by atoms with Crippen molar-refractivity contribution in [3.05, 3.63) is 78.4 Å². The van der Waals surface area contributed by atoms with E-state index in [0.717, 1.165) is 50.8 Å². The van der Waals surface area contributed by atoms with E-state index >= 15 is 0 Å². The second kappa shape index (κ2) is 6.97. The third kappa shape index (κ3) is 2.78. The third-order valence-electron chi connectivity index (χ3n) is 5.02. The summed E-state index contributed by atoms with van der Waals surface area (Å²) in [5.74, 6) is 0.934. The van der Waals surface area contributed by atoms with Crippen molar-refractivity contribution in [3.63, 3.8) is 0 Å². The van der Waals surface area contributed by atoms with E-state index in [4.69, 9.17) is 14.7 Å². The van der Waals surface area contributed by atoms with E-state index in [0.29, 0.717) is 13.2 Å². The van der Waals surface area contributed by atoms with Gasteiger partial charge in [0.05, 0.1) is 29.7 Å². The summed E-state index contributed by atoms with van der Waals surface area (Å²) in [7, 11) is 0. The van der Waals surface area contributed by atoms with Crippen LogP contribution in [0.3, 0.4) is 0 Å². The van der Waals surface area contributed by atoms with Crippen LogP contribution in [0, 0.1) is 0 Å². The Morgan fingerprint density at radius 1 is 0.821 bits per heavy atom. The molecule has 0 amide bonds. The number of aromatic nitrogens is 3. The minimum Gasteiger partial charge on any atom is -0.493 e. The first-order chi connectivity index (χ1) is 13.8. The van der Waals surface area contributed by atoms with Crippen LogP contribution in [0.5, 0.6) is 5.75 Å². The van der Waals surface area contributed by atoms with Crippen molar-refractivity contribution in [2.45, 2.75) is 19.9 Å². The van der Waals surface area contributed by atoms with E-state index in [2.05, 4.69) is 47.9 Å². The highest BCUT2D eigenvalue weighted by atomic mass is 16.5. The zero-order valence-electron chi connectivity index (χ0n) is 15.8. The molecule has 0 spiro atoms. The number of benzene rings is 3. The van der Waals surface area contributed by atoms with Crippen LogP contribution in [0.2, 0.25) is 0 Å². The molecule has 2 aromatic heterocycles. The van der Waals surface area contributed by atoms with E-state index in [-0.39, 0.29) is 0 Å². The molecule has 0 aliphatic carbocycles. The number of ether oxygens (including phenoxy) is 1. The van der Waals surface area contributed by atoms with Crippen LogP contribution >= 0.6 is 0 Å². The Kier molecular flexibility index (Phi) is 4.17. The standard InChI is InChI=1S/C24H21N3O/c1-2-15-28-22-14-8-3-9-17(22)16-27-21-13-7-4-10-18(21)23-24(27)26-20-12-6-5-11-19(20)25-23/h3-14H,2,15-16H2,1H3. The van der Waals surface area contributed by atoms with Gasteiger partial charge in [-0.05, 0) is 30.7 Å². The summed E-state index contributed by atoms with van der Waals surface area (Å²) in [6.45, 7) is 3.53. The Bertz CT molecular complexity index is 1290. The van der Waals surface area contributed by atoms with Gasteiger partial charge in [0.25, 0.3) is 0 Å². The second-order valence-corrected chi connectivity index (χ2v) is 6.94. The van der Waals surface area contributed by atoms with Gasteiger partial charge >= 0.3 is 0 Å². The molecule has 4 nitrogen and oxygen atoms in total. The molecule has 0 fully saturated rings. The molecule has 3 aromatic carbocycles. The minimum atomic E-state index is 0.691. The summed E-state index contributed by atoms with van der Waals surface area (Å²) in [5, 5.41) is 1.13. The van der Waals surface area contributed by atoms with Gasteiger partial charge < -0.3 is 9.30 Å². The Morgan fingerprint density at radius 3 is 2.39 bits per heavy atom. The summed E-state index contributed by atoms with van der Waals surface area (Å²) in [6.07, 6.45) is 0.987. The van der Waals surface area contributed by atoms with Crippen LogP contribution in [0.25, 0.3) is 33.1 Å². The molecule has 138 valence electrons. The van der Waals surface area contributed by atoms with Crippen molar-refractivity contribution in [1.82, 2.24) is 14.5 Å². The number of rotatable bonds is 5. The van der Waals surface area contributed by atoms with Gasteiger partial charge in [-0.3, -0.25) is 0 Å². The third-order valence-corrected chi connectivity index (χ3v) is 5.02. The molecule has 0 saturated heterocycles. The number of hydrogen-bond donors (Lipinski definition) is 0.